The van der Waals surface area contributed by atoms with Crippen LogP contribution >= 0.6 is 0 Å². The van der Waals surface area contributed by atoms with Crippen LogP contribution in [0, 0.1) is 0 Å². The number of carbonyl (C=O) groups is 1. The molecule has 1 aromatic heterocycles. The van der Waals surface area contributed by atoms with Crippen LogP contribution in [-0.2, 0) is 0 Å². The molecule has 0 spiro atoms. The predicted octanol–water partition coefficient (Wildman–Crippen LogP) is 2.02. The summed E-state index contributed by atoms with van der Waals surface area (Å²) in [6.45, 7) is 1.72. The van der Waals surface area contributed by atoms with E-state index in [0.29, 0.717) is 22.8 Å². The maximum absolute atomic E-state index is 11.7. The fraction of sp³-hybridized carbons (Fsp3) is 0.238. The summed E-state index contributed by atoms with van der Waals surface area (Å²) in [5, 5.41) is 7.83. The van der Waals surface area contributed by atoms with Gasteiger partial charge in [-0.05, 0) is 23.3 Å². The maximum Gasteiger partial charge on any atom is 0.250 e. The number of para-hydroxylation sites is 1. The van der Waals surface area contributed by atoms with Gasteiger partial charge in [0.2, 0.25) is 0 Å². The van der Waals surface area contributed by atoms with Crippen LogP contribution < -0.4 is 16.4 Å². The minimum Gasteiger partial charge on any atom is -0.366 e. The highest BCUT2D eigenvalue weighted by atomic mass is 16.1. The highest BCUT2D eigenvalue weighted by Crippen LogP contribution is 2.31. The zero-order valence-corrected chi connectivity index (χ0v) is 15.2. The number of carbonyl (C=O) groups excluding carboxylic acids is 1. The topological polar surface area (TPSA) is 105 Å². The largest absolute Gasteiger partial charge is 0.366 e. The van der Waals surface area contributed by atoms with Crippen LogP contribution in [0.2, 0.25) is 0 Å². The summed E-state index contributed by atoms with van der Waals surface area (Å²) in [7, 11) is 0. The van der Waals surface area contributed by atoms with E-state index in [9.17, 15) is 4.79 Å². The number of amides is 1. The van der Waals surface area contributed by atoms with E-state index in [-0.39, 0.29) is 12.1 Å². The average molecular weight is 372 g/mol. The number of anilines is 1. The van der Waals surface area contributed by atoms with Gasteiger partial charge in [0.1, 0.15) is 18.2 Å². The molecule has 1 amide bonds. The number of primary amides is 1. The van der Waals surface area contributed by atoms with E-state index in [1.165, 1.54) is 17.5 Å². The second-order valence-corrected chi connectivity index (χ2v) is 7.22. The Morgan fingerprint density at radius 1 is 1.11 bits per heavy atom. The summed E-state index contributed by atoms with van der Waals surface area (Å²) in [5.74, 6) is 0.534. The molecule has 0 bridgehead atoms. The van der Waals surface area contributed by atoms with Gasteiger partial charge in [-0.25, -0.2) is 9.97 Å². The van der Waals surface area contributed by atoms with Gasteiger partial charge < -0.3 is 16.4 Å². The van der Waals surface area contributed by atoms with Crippen LogP contribution in [-0.4, -0.2) is 41.2 Å². The molecule has 3 atom stereocenters. The molecule has 1 unspecified atom stereocenters. The first-order valence-electron chi connectivity index (χ1n) is 9.34. The highest BCUT2D eigenvalue weighted by molar-refractivity contribution is 6.06. The SMILES string of the molecule is NC(=O)c1cccc2c(N[C@@H]3CNC[C@H]3c3cccc(C4C=N4)c3)ncnc12. The molecule has 0 radical (unpaired) electrons. The Bertz CT molecular complexity index is 1090. The molecule has 28 heavy (non-hydrogen) atoms. The van der Waals surface area contributed by atoms with E-state index in [1.807, 2.05) is 12.3 Å². The van der Waals surface area contributed by atoms with Crippen LogP contribution in [0.1, 0.15) is 33.4 Å². The van der Waals surface area contributed by atoms with Crippen LogP contribution in [0.5, 0.6) is 0 Å². The summed E-state index contributed by atoms with van der Waals surface area (Å²) in [6, 6.07) is 14.5. The second-order valence-electron chi connectivity index (χ2n) is 7.22. The number of rotatable bonds is 5. The molecule has 7 nitrogen and oxygen atoms in total. The van der Waals surface area contributed by atoms with Crippen molar-refractivity contribution < 1.29 is 4.79 Å². The normalized spacial score (nSPS) is 23.1. The molecule has 2 aliphatic rings. The fourth-order valence-electron chi connectivity index (χ4n) is 3.95. The molecule has 0 aliphatic carbocycles. The molecule has 7 heteroatoms. The first-order chi connectivity index (χ1) is 13.7. The van der Waals surface area contributed by atoms with Crippen molar-refractivity contribution in [1.82, 2.24) is 15.3 Å². The Hall–Kier alpha value is -3.32. The molecule has 3 heterocycles. The van der Waals surface area contributed by atoms with Gasteiger partial charge >= 0.3 is 0 Å². The molecule has 2 aromatic carbocycles. The molecular weight excluding hydrogens is 352 g/mol. The summed E-state index contributed by atoms with van der Waals surface area (Å²) in [5.41, 5.74) is 8.99. The minimum atomic E-state index is -0.491. The lowest BCUT2D eigenvalue weighted by atomic mass is 9.92. The van der Waals surface area contributed by atoms with Gasteiger partial charge in [0.25, 0.3) is 5.91 Å². The lowest BCUT2D eigenvalue weighted by Crippen LogP contribution is -2.28. The van der Waals surface area contributed by atoms with Crippen LogP contribution in [0.4, 0.5) is 5.82 Å². The van der Waals surface area contributed by atoms with Gasteiger partial charge in [0, 0.05) is 36.7 Å². The van der Waals surface area contributed by atoms with Crippen LogP contribution in [0.25, 0.3) is 10.9 Å². The standard InChI is InChI=1S/C21H20N6O/c22-20(28)14-5-2-6-15-19(14)25-11-26-21(15)27-18-9-23-8-16(18)12-3-1-4-13(7-12)17-10-24-17/h1-7,10-11,16-18,23H,8-9H2,(H2,22,28)(H,25,26,27)/t16-,17?,18+/m0/s1. The molecule has 1 fully saturated rings. The second kappa shape index (κ2) is 6.69. The van der Waals surface area contributed by atoms with Crippen molar-refractivity contribution in [2.75, 3.05) is 18.4 Å². The van der Waals surface area contributed by atoms with Gasteiger partial charge in [-0.15, -0.1) is 0 Å². The summed E-state index contributed by atoms with van der Waals surface area (Å²) < 4.78 is 0. The Morgan fingerprint density at radius 2 is 1.93 bits per heavy atom. The maximum atomic E-state index is 11.7. The number of hydrogen-bond acceptors (Lipinski definition) is 6. The van der Waals surface area contributed by atoms with E-state index in [0.717, 1.165) is 18.5 Å². The number of hydrogen-bond donors (Lipinski definition) is 3. The monoisotopic (exact) mass is 372 g/mol. The third-order valence-electron chi connectivity index (χ3n) is 5.45. The first-order valence-corrected chi connectivity index (χ1v) is 9.34. The molecular formula is C21H20N6O. The van der Waals surface area contributed by atoms with Gasteiger partial charge in [-0.1, -0.05) is 30.3 Å². The Kier molecular flexibility index (Phi) is 4.02. The van der Waals surface area contributed by atoms with Crippen molar-refractivity contribution in [1.29, 1.82) is 0 Å². The number of nitrogens with zero attached hydrogens (tertiary/aromatic N) is 3. The van der Waals surface area contributed by atoms with Gasteiger partial charge in [-0.2, -0.15) is 0 Å². The first kappa shape index (κ1) is 16.8. The van der Waals surface area contributed by atoms with Crippen molar-refractivity contribution in [3.05, 3.63) is 65.5 Å². The molecule has 5 rings (SSSR count). The van der Waals surface area contributed by atoms with E-state index >= 15 is 0 Å². The van der Waals surface area contributed by atoms with Gasteiger partial charge in [-0.3, -0.25) is 9.79 Å². The van der Waals surface area contributed by atoms with E-state index < -0.39 is 5.91 Å². The number of nitrogens with one attached hydrogen (secondary N) is 2. The minimum absolute atomic E-state index is 0.172. The molecule has 140 valence electrons. The van der Waals surface area contributed by atoms with Crippen molar-refractivity contribution in [2.24, 2.45) is 10.7 Å². The van der Waals surface area contributed by atoms with E-state index in [2.05, 4.69) is 49.9 Å². The van der Waals surface area contributed by atoms with Crippen molar-refractivity contribution in [3.63, 3.8) is 0 Å². The lowest BCUT2D eigenvalue weighted by Gasteiger charge is -2.22. The number of aromatic nitrogens is 2. The summed E-state index contributed by atoms with van der Waals surface area (Å²) >= 11 is 0. The molecule has 1 saturated heterocycles. The predicted molar refractivity (Wildman–Crippen MR) is 109 cm³/mol. The lowest BCUT2D eigenvalue weighted by molar-refractivity contribution is 0.100. The average Bonchev–Trinajstić information content (AvgIpc) is 3.47. The summed E-state index contributed by atoms with van der Waals surface area (Å²) in [4.78, 5) is 24.7. The van der Waals surface area contributed by atoms with Gasteiger partial charge in [0.15, 0.2) is 0 Å². The molecule has 0 saturated carbocycles. The van der Waals surface area contributed by atoms with Crippen LogP contribution in [0.3, 0.4) is 0 Å². The van der Waals surface area contributed by atoms with Crippen LogP contribution in [0.15, 0.2) is 53.8 Å². The third kappa shape index (κ3) is 2.99. The number of nitrogens with two attached hydrogens (primary N) is 1. The number of aliphatic imine (C=N–C) groups is 1. The molecule has 4 N–H and O–H groups in total. The fourth-order valence-corrected chi connectivity index (χ4v) is 3.95. The zero-order valence-electron chi connectivity index (χ0n) is 15.2. The smallest absolute Gasteiger partial charge is 0.250 e. The number of fused-ring (bicyclic) bond motifs is 1. The Labute approximate surface area is 162 Å². The number of benzene rings is 2. The highest BCUT2D eigenvalue weighted by Gasteiger charge is 2.30. The zero-order chi connectivity index (χ0) is 19.1. The third-order valence-corrected chi connectivity index (χ3v) is 5.45. The quantitative estimate of drug-likeness (QED) is 0.635. The molecule has 3 aromatic rings. The Morgan fingerprint density at radius 3 is 2.75 bits per heavy atom. The van der Waals surface area contributed by atoms with E-state index in [1.54, 1.807) is 12.1 Å². The van der Waals surface area contributed by atoms with Gasteiger partial charge in [0.05, 0.1) is 11.1 Å². The van der Waals surface area contributed by atoms with Crippen molar-refractivity contribution in [2.45, 2.75) is 18.0 Å². The van der Waals surface area contributed by atoms with Crippen molar-refractivity contribution in [3.8, 4) is 0 Å². The molecule has 2 aliphatic heterocycles. The summed E-state index contributed by atoms with van der Waals surface area (Å²) in [6.07, 6.45) is 3.44. The Balaban J connectivity index is 1.46. The van der Waals surface area contributed by atoms with Crippen molar-refractivity contribution >= 4 is 28.8 Å². The van der Waals surface area contributed by atoms with E-state index in [4.69, 9.17) is 5.73 Å².